The monoisotopic (exact) mass is 394 g/mol. The molecule has 0 fully saturated rings. The molecule has 6 heteroatoms. The molecule has 3 rings (SSSR count). The minimum Gasteiger partial charge on any atom is -0.497 e. The van der Waals surface area contributed by atoms with Crippen molar-refractivity contribution in [3.63, 3.8) is 0 Å². The summed E-state index contributed by atoms with van der Waals surface area (Å²) < 4.78 is 10.6. The number of Topliss-reactive ketones (excluding diaryl/α,β-unsaturated/α-hetero) is 1. The SMILES string of the molecule is COc1ccc(/C=C\C(=O)CC(=O)c2cc3ccc(OC)cc3sc2=O)cc1. The van der Waals surface area contributed by atoms with Crippen molar-refractivity contribution in [3.8, 4) is 11.5 Å². The van der Waals surface area contributed by atoms with Gasteiger partial charge in [0.2, 0.25) is 4.74 Å². The lowest BCUT2D eigenvalue weighted by Gasteiger charge is -2.03. The molecule has 0 radical (unpaired) electrons. The Morgan fingerprint density at radius 2 is 1.64 bits per heavy atom. The molecule has 0 aliphatic heterocycles. The van der Waals surface area contributed by atoms with Crippen LogP contribution in [0, 0.1) is 0 Å². The predicted molar refractivity (Wildman–Crippen MR) is 111 cm³/mol. The molecule has 0 N–H and O–H groups in total. The Bertz CT molecular complexity index is 1110. The molecule has 0 saturated carbocycles. The summed E-state index contributed by atoms with van der Waals surface area (Å²) >= 11 is 0.969. The maximum Gasteiger partial charge on any atom is 0.243 e. The molecule has 0 saturated heterocycles. The molecule has 0 amide bonds. The Labute approximate surface area is 165 Å². The summed E-state index contributed by atoms with van der Waals surface area (Å²) in [6.45, 7) is 0. The highest BCUT2D eigenvalue weighted by Crippen LogP contribution is 2.23. The quantitative estimate of drug-likeness (QED) is 0.342. The zero-order valence-corrected chi connectivity index (χ0v) is 16.2. The fourth-order valence-electron chi connectivity index (χ4n) is 2.63. The van der Waals surface area contributed by atoms with Gasteiger partial charge in [-0.25, -0.2) is 0 Å². The van der Waals surface area contributed by atoms with Crippen LogP contribution in [-0.4, -0.2) is 25.8 Å². The van der Waals surface area contributed by atoms with E-state index in [1.807, 2.05) is 0 Å². The maximum absolute atomic E-state index is 12.4. The molecule has 1 aromatic heterocycles. The van der Waals surface area contributed by atoms with E-state index in [2.05, 4.69) is 0 Å². The van der Waals surface area contributed by atoms with Crippen LogP contribution < -0.4 is 14.2 Å². The van der Waals surface area contributed by atoms with Crippen LogP contribution in [0.15, 0.2) is 59.4 Å². The van der Waals surface area contributed by atoms with Crippen LogP contribution in [0.25, 0.3) is 16.2 Å². The van der Waals surface area contributed by atoms with Gasteiger partial charge in [0.05, 0.1) is 26.2 Å². The first-order valence-corrected chi connectivity index (χ1v) is 9.32. The molecule has 0 unspecified atom stereocenters. The van der Waals surface area contributed by atoms with Crippen molar-refractivity contribution in [2.45, 2.75) is 6.42 Å². The second-order valence-corrected chi connectivity index (χ2v) is 7.04. The van der Waals surface area contributed by atoms with E-state index in [1.54, 1.807) is 62.8 Å². The van der Waals surface area contributed by atoms with Crippen molar-refractivity contribution in [1.82, 2.24) is 0 Å². The second-order valence-electron chi connectivity index (χ2n) is 6.02. The number of ketones is 2. The van der Waals surface area contributed by atoms with E-state index in [9.17, 15) is 14.4 Å². The first-order valence-electron chi connectivity index (χ1n) is 8.50. The van der Waals surface area contributed by atoms with Gasteiger partial charge in [0.25, 0.3) is 0 Å². The van der Waals surface area contributed by atoms with E-state index in [-0.39, 0.29) is 22.5 Å². The minimum absolute atomic E-state index is 0.0360. The Balaban J connectivity index is 1.74. The van der Waals surface area contributed by atoms with Crippen LogP contribution in [0.3, 0.4) is 0 Å². The number of benzene rings is 2. The second kappa shape index (κ2) is 8.63. The Morgan fingerprint density at radius 1 is 0.964 bits per heavy atom. The summed E-state index contributed by atoms with van der Waals surface area (Å²) in [7, 11) is 3.13. The van der Waals surface area contributed by atoms with Crippen LogP contribution in [-0.2, 0) is 4.79 Å². The zero-order chi connectivity index (χ0) is 20.1. The number of carbonyl (C=O) groups excluding carboxylic acids is 2. The third kappa shape index (κ3) is 4.53. The number of fused-ring (bicyclic) bond motifs is 1. The summed E-state index contributed by atoms with van der Waals surface area (Å²) in [5.74, 6) is 0.515. The maximum atomic E-state index is 12.4. The molecular weight excluding hydrogens is 376 g/mol. The van der Waals surface area contributed by atoms with Gasteiger partial charge in [0, 0.05) is 4.70 Å². The van der Waals surface area contributed by atoms with Gasteiger partial charge < -0.3 is 9.47 Å². The van der Waals surface area contributed by atoms with Gasteiger partial charge in [-0.2, -0.15) is 0 Å². The Kier molecular flexibility index (Phi) is 6.01. The lowest BCUT2D eigenvalue weighted by Crippen LogP contribution is -2.14. The number of carbonyl (C=O) groups is 2. The molecule has 28 heavy (non-hydrogen) atoms. The van der Waals surface area contributed by atoms with Gasteiger partial charge >= 0.3 is 0 Å². The van der Waals surface area contributed by atoms with E-state index in [0.29, 0.717) is 5.75 Å². The third-order valence-corrected chi connectivity index (χ3v) is 5.13. The molecule has 5 nitrogen and oxygen atoms in total. The van der Waals surface area contributed by atoms with Gasteiger partial charge in [0.1, 0.15) is 11.5 Å². The molecule has 0 spiro atoms. The number of hydrogen-bond donors (Lipinski definition) is 0. The largest absolute Gasteiger partial charge is 0.497 e. The van der Waals surface area contributed by atoms with Crippen LogP contribution in [0.1, 0.15) is 22.3 Å². The Hall–Kier alpha value is -3.25. The minimum atomic E-state index is -0.483. The highest BCUT2D eigenvalue weighted by Gasteiger charge is 2.15. The van der Waals surface area contributed by atoms with Gasteiger partial charge in [-0.15, -0.1) is 0 Å². The lowest BCUT2D eigenvalue weighted by molar-refractivity contribution is -0.113. The van der Waals surface area contributed by atoms with Crippen molar-refractivity contribution in [2.24, 2.45) is 0 Å². The fourth-order valence-corrected chi connectivity index (χ4v) is 3.53. The van der Waals surface area contributed by atoms with Crippen LogP contribution >= 0.6 is 11.3 Å². The molecule has 3 aromatic rings. The van der Waals surface area contributed by atoms with Gasteiger partial charge in [-0.3, -0.25) is 14.4 Å². The van der Waals surface area contributed by atoms with E-state index < -0.39 is 5.78 Å². The highest BCUT2D eigenvalue weighted by atomic mass is 32.1. The van der Waals surface area contributed by atoms with Crippen molar-refractivity contribution < 1.29 is 19.1 Å². The topological polar surface area (TPSA) is 69.7 Å². The average Bonchev–Trinajstić information content (AvgIpc) is 2.71. The first-order chi connectivity index (χ1) is 13.5. The number of allylic oxidation sites excluding steroid dienone is 1. The molecule has 0 atom stereocenters. The van der Waals surface area contributed by atoms with Gasteiger partial charge in [-0.1, -0.05) is 29.5 Å². The van der Waals surface area contributed by atoms with Crippen molar-refractivity contribution in [1.29, 1.82) is 0 Å². The molecule has 1 heterocycles. The van der Waals surface area contributed by atoms with Crippen molar-refractivity contribution in [2.75, 3.05) is 14.2 Å². The summed E-state index contributed by atoms with van der Waals surface area (Å²) in [5, 5.41) is 0.759. The number of rotatable bonds is 7. The predicted octanol–water partition coefficient (Wildman–Crippen LogP) is 4.13. The van der Waals surface area contributed by atoms with Crippen molar-refractivity contribution in [3.05, 3.63) is 75.3 Å². The number of hydrogen-bond acceptors (Lipinski definition) is 6. The van der Waals surface area contributed by atoms with Crippen LogP contribution in [0.5, 0.6) is 11.5 Å². The molecule has 0 aliphatic rings. The molecule has 2 aromatic carbocycles. The number of ether oxygens (including phenoxy) is 2. The molecule has 0 aliphatic carbocycles. The normalized spacial score (nSPS) is 10.9. The van der Waals surface area contributed by atoms with E-state index in [0.717, 1.165) is 32.7 Å². The zero-order valence-electron chi connectivity index (χ0n) is 15.4. The van der Waals surface area contributed by atoms with Gasteiger partial charge in [-0.05, 0) is 53.4 Å². The third-order valence-electron chi connectivity index (χ3n) is 4.16. The summed E-state index contributed by atoms with van der Waals surface area (Å²) in [6.07, 6.45) is 2.62. The molecule has 0 bridgehead atoms. The lowest BCUT2D eigenvalue weighted by atomic mass is 10.1. The summed E-state index contributed by atoms with van der Waals surface area (Å²) in [4.78, 5) is 36.9. The van der Waals surface area contributed by atoms with E-state index in [1.165, 1.54) is 12.1 Å². The highest BCUT2D eigenvalue weighted by molar-refractivity contribution is 7.16. The molecular formula is C22H18O5S. The smallest absolute Gasteiger partial charge is 0.243 e. The van der Waals surface area contributed by atoms with Crippen LogP contribution in [0.4, 0.5) is 0 Å². The first kappa shape index (κ1) is 19.5. The summed E-state index contributed by atoms with van der Waals surface area (Å²) in [6, 6.07) is 14.0. The van der Waals surface area contributed by atoms with E-state index >= 15 is 0 Å². The van der Waals surface area contributed by atoms with Gasteiger partial charge in [0.15, 0.2) is 11.6 Å². The Morgan fingerprint density at radius 3 is 2.32 bits per heavy atom. The number of methoxy groups -OCH3 is 2. The van der Waals surface area contributed by atoms with E-state index in [4.69, 9.17) is 9.47 Å². The van der Waals surface area contributed by atoms with Crippen LogP contribution in [0.2, 0.25) is 0 Å². The molecule has 142 valence electrons. The standard InChI is InChI=1S/C22H18O5S/c1-26-17-8-4-14(5-9-17)3-7-16(23)12-20(24)19-11-15-6-10-18(27-2)13-21(15)28-22(19)25/h3-11,13H,12H2,1-2H3/b7-3-. The fraction of sp³-hybridized carbons (Fsp3) is 0.136. The summed E-state index contributed by atoms with van der Waals surface area (Å²) in [5.41, 5.74) is 0.849. The average molecular weight is 394 g/mol. The van der Waals surface area contributed by atoms with Crippen molar-refractivity contribution >= 4 is 39.1 Å².